The van der Waals surface area contributed by atoms with E-state index in [0.717, 1.165) is 24.5 Å². The Morgan fingerprint density at radius 3 is 2.36 bits per heavy atom. The Morgan fingerprint density at radius 1 is 1.04 bits per heavy atom. The molecule has 0 aliphatic carbocycles. The largest absolute Gasteiger partial charge is 0.493 e. The highest BCUT2D eigenvalue weighted by atomic mass is 35.5. The van der Waals surface area contributed by atoms with Gasteiger partial charge in [-0.05, 0) is 56.3 Å². The molecule has 0 saturated heterocycles. The van der Waals surface area contributed by atoms with Gasteiger partial charge in [0.2, 0.25) is 0 Å². The molecule has 0 heterocycles. The van der Waals surface area contributed by atoms with Crippen LogP contribution >= 0.6 is 11.6 Å². The summed E-state index contributed by atoms with van der Waals surface area (Å²) < 4.78 is 16.5. The number of ether oxygens (including phenoxy) is 3. The first-order valence-corrected chi connectivity index (χ1v) is 8.45. The van der Waals surface area contributed by atoms with E-state index in [1.807, 2.05) is 32.2 Å². The number of likely N-dealkylation sites (N-methyl/N-ethyl adjacent to an activating group) is 1. The summed E-state index contributed by atoms with van der Waals surface area (Å²) in [5.41, 5.74) is 7.49. The molecule has 0 aromatic heterocycles. The monoisotopic (exact) mass is 364 g/mol. The second kappa shape index (κ2) is 8.83. The number of hydrogen-bond donors (Lipinski definition) is 1. The molecular weight excluding hydrogens is 340 g/mol. The fourth-order valence-corrected chi connectivity index (χ4v) is 2.64. The van der Waals surface area contributed by atoms with Crippen molar-refractivity contribution in [3.8, 4) is 17.2 Å². The van der Waals surface area contributed by atoms with Crippen molar-refractivity contribution in [2.24, 2.45) is 0 Å². The summed E-state index contributed by atoms with van der Waals surface area (Å²) in [7, 11) is 5.28. The fraction of sp³-hybridized carbons (Fsp3) is 0.368. The van der Waals surface area contributed by atoms with Crippen LogP contribution < -0.4 is 19.9 Å². The zero-order chi connectivity index (χ0) is 18.4. The summed E-state index contributed by atoms with van der Waals surface area (Å²) >= 11 is 6.16. The van der Waals surface area contributed by atoms with E-state index < -0.39 is 0 Å². The van der Waals surface area contributed by atoms with Crippen molar-refractivity contribution in [2.75, 3.05) is 33.5 Å². The molecular formula is C19H25ClN2O3. The topological polar surface area (TPSA) is 57.0 Å². The number of nitrogens with two attached hydrogens (primary N) is 1. The molecule has 2 N–H and O–H groups in total. The molecule has 136 valence electrons. The van der Waals surface area contributed by atoms with Crippen LogP contribution in [0.3, 0.4) is 0 Å². The van der Waals surface area contributed by atoms with E-state index in [9.17, 15) is 0 Å². The molecule has 1 unspecified atom stereocenters. The molecule has 0 fully saturated rings. The first-order valence-electron chi connectivity index (χ1n) is 8.07. The van der Waals surface area contributed by atoms with Gasteiger partial charge in [0.05, 0.1) is 19.2 Å². The number of nitrogen functional groups attached to an aromatic ring is 1. The number of benzene rings is 2. The lowest BCUT2D eigenvalue weighted by Gasteiger charge is -2.26. The Kier molecular flexibility index (Phi) is 6.79. The Balaban J connectivity index is 1.94. The zero-order valence-corrected chi connectivity index (χ0v) is 15.8. The van der Waals surface area contributed by atoms with Gasteiger partial charge in [-0.2, -0.15) is 0 Å². The van der Waals surface area contributed by atoms with Crippen LogP contribution in [0.4, 0.5) is 5.69 Å². The SMILES string of the molecule is COc1ccc(CCN(C)C(C)Oc2ccc(N)cc2Cl)cc1OC. The van der Waals surface area contributed by atoms with Crippen LogP contribution in [0, 0.1) is 0 Å². The molecule has 0 aliphatic rings. The normalized spacial score (nSPS) is 12.1. The number of rotatable bonds is 8. The second-order valence-electron chi connectivity index (χ2n) is 5.83. The van der Waals surface area contributed by atoms with Gasteiger partial charge in [-0.25, -0.2) is 0 Å². The lowest BCUT2D eigenvalue weighted by atomic mass is 10.1. The van der Waals surface area contributed by atoms with E-state index in [2.05, 4.69) is 4.90 Å². The van der Waals surface area contributed by atoms with E-state index >= 15 is 0 Å². The van der Waals surface area contributed by atoms with Crippen LogP contribution in [0.2, 0.25) is 5.02 Å². The molecule has 5 nitrogen and oxygen atoms in total. The fourth-order valence-electron chi connectivity index (χ4n) is 2.41. The summed E-state index contributed by atoms with van der Waals surface area (Å²) in [4.78, 5) is 2.11. The molecule has 1 atom stereocenters. The third kappa shape index (κ3) is 5.18. The lowest BCUT2D eigenvalue weighted by molar-refractivity contribution is 0.0618. The van der Waals surface area contributed by atoms with Gasteiger partial charge in [-0.15, -0.1) is 0 Å². The molecule has 0 spiro atoms. The van der Waals surface area contributed by atoms with Crippen molar-refractivity contribution >= 4 is 17.3 Å². The average Bonchev–Trinajstić information content (AvgIpc) is 2.61. The molecule has 6 heteroatoms. The van der Waals surface area contributed by atoms with Crippen molar-refractivity contribution in [1.29, 1.82) is 0 Å². The van der Waals surface area contributed by atoms with Crippen LogP contribution in [-0.2, 0) is 6.42 Å². The molecule has 25 heavy (non-hydrogen) atoms. The molecule has 0 radical (unpaired) electrons. The van der Waals surface area contributed by atoms with Gasteiger partial charge in [0.25, 0.3) is 0 Å². The number of halogens is 1. The standard InChI is InChI=1S/C19H25ClN2O3/c1-13(25-17-8-6-15(21)12-16(17)20)22(2)10-9-14-5-7-18(23-3)19(11-14)24-4/h5-8,11-13H,9-10,21H2,1-4H3. The van der Waals surface area contributed by atoms with Gasteiger partial charge in [0.15, 0.2) is 11.5 Å². The first kappa shape index (κ1) is 19.2. The molecule has 2 aromatic carbocycles. The zero-order valence-electron chi connectivity index (χ0n) is 15.1. The van der Waals surface area contributed by atoms with Gasteiger partial charge < -0.3 is 19.9 Å². The maximum absolute atomic E-state index is 6.16. The predicted octanol–water partition coefficient (Wildman–Crippen LogP) is 3.84. The smallest absolute Gasteiger partial charge is 0.160 e. The molecule has 0 bridgehead atoms. The van der Waals surface area contributed by atoms with Crippen molar-refractivity contribution in [2.45, 2.75) is 19.6 Å². The van der Waals surface area contributed by atoms with Crippen molar-refractivity contribution in [3.63, 3.8) is 0 Å². The Morgan fingerprint density at radius 2 is 1.72 bits per heavy atom. The maximum atomic E-state index is 6.16. The Hall–Kier alpha value is -2.11. The van der Waals surface area contributed by atoms with Crippen LogP contribution in [0.1, 0.15) is 12.5 Å². The Bertz CT molecular complexity index is 709. The van der Waals surface area contributed by atoms with E-state index in [-0.39, 0.29) is 6.23 Å². The van der Waals surface area contributed by atoms with Gasteiger partial charge in [-0.1, -0.05) is 17.7 Å². The van der Waals surface area contributed by atoms with Gasteiger partial charge in [0.1, 0.15) is 12.0 Å². The van der Waals surface area contributed by atoms with Gasteiger partial charge in [-0.3, -0.25) is 4.90 Å². The summed E-state index contributed by atoms with van der Waals surface area (Å²) in [6.45, 7) is 2.81. The minimum atomic E-state index is -0.124. The van der Waals surface area contributed by atoms with E-state index in [1.54, 1.807) is 32.4 Å². The average molecular weight is 365 g/mol. The summed E-state index contributed by atoms with van der Waals surface area (Å²) in [5.74, 6) is 2.09. The summed E-state index contributed by atoms with van der Waals surface area (Å²) in [5, 5.41) is 0.514. The quantitative estimate of drug-likeness (QED) is 0.569. The molecule has 0 amide bonds. The third-order valence-electron chi connectivity index (χ3n) is 4.08. The van der Waals surface area contributed by atoms with Crippen molar-refractivity contribution in [1.82, 2.24) is 4.90 Å². The van der Waals surface area contributed by atoms with Gasteiger partial charge >= 0.3 is 0 Å². The van der Waals surface area contributed by atoms with Crippen LogP contribution in [0.25, 0.3) is 0 Å². The lowest BCUT2D eigenvalue weighted by Crippen LogP contribution is -2.35. The van der Waals surface area contributed by atoms with Crippen molar-refractivity contribution in [3.05, 3.63) is 47.0 Å². The maximum Gasteiger partial charge on any atom is 0.160 e. The van der Waals surface area contributed by atoms with E-state index in [4.69, 9.17) is 31.5 Å². The molecule has 2 rings (SSSR count). The highest BCUT2D eigenvalue weighted by molar-refractivity contribution is 6.32. The van der Waals surface area contributed by atoms with E-state index in [0.29, 0.717) is 16.5 Å². The highest BCUT2D eigenvalue weighted by Gasteiger charge is 2.13. The number of anilines is 1. The summed E-state index contributed by atoms with van der Waals surface area (Å²) in [6.07, 6.45) is 0.737. The first-order chi connectivity index (χ1) is 11.9. The number of methoxy groups -OCH3 is 2. The predicted molar refractivity (Wildman–Crippen MR) is 102 cm³/mol. The van der Waals surface area contributed by atoms with Crippen LogP contribution in [-0.4, -0.2) is 38.9 Å². The molecule has 0 saturated carbocycles. The van der Waals surface area contributed by atoms with Crippen LogP contribution in [0.15, 0.2) is 36.4 Å². The second-order valence-corrected chi connectivity index (χ2v) is 6.23. The van der Waals surface area contributed by atoms with Crippen molar-refractivity contribution < 1.29 is 14.2 Å². The Labute approximate surface area is 154 Å². The molecule has 0 aliphatic heterocycles. The molecule has 2 aromatic rings. The highest BCUT2D eigenvalue weighted by Crippen LogP contribution is 2.29. The van der Waals surface area contributed by atoms with E-state index in [1.165, 1.54) is 5.56 Å². The summed E-state index contributed by atoms with van der Waals surface area (Å²) in [6, 6.07) is 11.2. The van der Waals surface area contributed by atoms with Gasteiger partial charge in [0, 0.05) is 12.2 Å². The minimum absolute atomic E-state index is 0.124. The third-order valence-corrected chi connectivity index (χ3v) is 4.37. The van der Waals surface area contributed by atoms with Crippen LogP contribution in [0.5, 0.6) is 17.2 Å². The minimum Gasteiger partial charge on any atom is -0.493 e. The number of hydrogen-bond acceptors (Lipinski definition) is 5. The number of nitrogens with zero attached hydrogens (tertiary/aromatic N) is 1.